The summed E-state index contributed by atoms with van der Waals surface area (Å²) in [6.45, 7) is 2.08. The molecule has 2 aromatic rings. The zero-order valence-corrected chi connectivity index (χ0v) is 11.1. The number of aromatic nitrogens is 3. The topological polar surface area (TPSA) is 58.6 Å². The predicted octanol–water partition coefficient (Wildman–Crippen LogP) is 2.27. The van der Waals surface area contributed by atoms with Crippen LogP contribution < -0.4 is 5.56 Å². The molecule has 0 bridgehead atoms. The van der Waals surface area contributed by atoms with Crippen LogP contribution in [0.4, 0.5) is 0 Å². The quantitative estimate of drug-likeness (QED) is 0.895. The van der Waals surface area contributed by atoms with Gasteiger partial charge in [0.05, 0.1) is 5.69 Å². The van der Waals surface area contributed by atoms with Crippen molar-refractivity contribution in [1.82, 2.24) is 15.0 Å². The molecule has 0 saturated heterocycles. The van der Waals surface area contributed by atoms with Gasteiger partial charge in [-0.15, -0.1) is 0 Å². The van der Waals surface area contributed by atoms with Crippen LogP contribution >= 0.6 is 0 Å². The van der Waals surface area contributed by atoms with Gasteiger partial charge in [0, 0.05) is 23.5 Å². The molecule has 0 fully saturated rings. The van der Waals surface area contributed by atoms with E-state index in [1.54, 1.807) is 6.20 Å². The lowest BCUT2D eigenvalue weighted by Gasteiger charge is -2.15. The van der Waals surface area contributed by atoms with E-state index in [1.807, 2.05) is 12.3 Å². The molecule has 98 valence electrons. The minimum atomic E-state index is 0.0264. The molecule has 0 atom stereocenters. The van der Waals surface area contributed by atoms with E-state index in [0.29, 0.717) is 5.82 Å². The summed E-state index contributed by atoms with van der Waals surface area (Å²) in [6.07, 6.45) is 8.45. The monoisotopic (exact) mass is 255 g/mol. The Morgan fingerprint density at radius 3 is 3.00 bits per heavy atom. The second-order valence-corrected chi connectivity index (χ2v) is 4.93. The van der Waals surface area contributed by atoms with E-state index >= 15 is 0 Å². The predicted molar refractivity (Wildman–Crippen MR) is 74.1 cm³/mol. The van der Waals surface area contributed by atoms with Crippen LogP contribution in [-0.2, 0) is 19.3 Å². The third-order valence-electron chi connectivity index (χ3n) is 3.73. The molecule has 2 heterocycles. The summed E-state index contributed by atoms with van der Waals surface area (Å²) in [4.78, 5) is 23.9. The van der Waals surface area contributed by atoms with Crippen molar-refractivity contribution in [3.63, 3.8) is 0 Å². The fraction of sp³-hybridized carbons (Fsp3) is 0.400. The van der Waals surface area contributed by atoms with Gasteiger partial charge in [0.2, 0.25) is 0 Å². The lowest BCUT2D eigenvalue weighted by Crippen LogP contribution is -2.21. The van der Waals surface area contributed by atoms with Crippen LogP contribution in [0.5, 0.6) is 0 Å². The highest BCUT2D eigenvalue weighted by Crippen LogP contribution is 2.22. The van der Waals surface area contributed by atoms with E-state index in [2.05, 4.69) is 21.9 Å². The largest absolute Gasteiger partial charge is 0.306 e. The molecule has 0 spiro atoms. The smallest absolute Gasteiger partial charge is 0.254 e. The van der Waals surface area contributed by atoms with Crippen molar-refractivity contribution < 1.29 is 0 Å². The van der Waals surface area contributed by atoms with Crippen molar-refractivity contribution in [3.05, 3.63) is 45.6 Å². The van der Waals surface area contributed by atoms with Crippen molar-refractivity contribution in [3.8, 4) is 11.4 Å². The number of pyridine rings is 1. The second kappa shape index (κ2) is 4.96. The van der Waals surface area contributed by atoms with Gasteiger partial charge in [0.15, 0.2) is 0 Å². The maximum atomic E-state index is 12.1. The van der Waals surface area contributed by atoms with Crippen molar-refractivity contribution in [2.45, 2.75) is 39.0 Å². The molecule has 0 saturated carbocycles. The Hall–Kier alpha value is -1.97. The Kier molecular flexibility index (Phi) is 3.15. The minimum absolute atomic E-state index is 0.0264. The molecular formula is C15H17N3O. The molecule has 1 aliphatic rings. The van der Waals surface area contributed by atoms with E-state index < -0.39 is 0 Å². The summed E-state index contributed by atoms with van der Waals surface area (Å²) in [5.41, 5.74) is 3.98. The Balaban J connectivity index is 2.16. The van der Waals surface area contributed by atoms with Crippen molar-refractivity contribution in [2.75, 3.05) is 0 Å². The highest BCUT2D eigenvalue weighted by atomic mass is 16.1. The molecule has 0 aliphatic heterocycles. The van der Waals surface area contributed by atoms with Crippen LogP contribution in [0.3, 0.4) is 0 Å². The molecule has 0 aromatic carbocycles. The molecule has 4 heteroatoms. The van der Waals surface area contributed by atoms with E-state index in [0.717, 1.165) is 54.5 Å². The highest BCUT2D eigenvalue weighted by molar-refractivity contribution is 5.59. The Bertz CT molecular complexity index is 661. The SMILES string of the molecule is CCc1cnccc1-c1nc2c(c(=O)[nH]1)CCCC2. The number of aryl methyl sites for hydroxylation is 2. The van der Waals surface area contributed by atoms with E-state index in [1.165, 1.54) is 0 Å². The number of nitrogens with zero attached hydrogens (tertiary/aromatic N) is 2. The lowest BCUT2D eigenvalue weighted by atomic mass is 9.97. The number of hydrogen-bond acceptors (Lipinski definition) is 3. The number of aromatic amines is 1. The Labute approximate surface area is 111 Å². The van der Waals surface area contributed by atoms with Crippen molar-refractivity contribution >= 4 is 0 Å². The Morgan fingerprint density at radius 1 is 1.32 bits per heavy atom. The molecule has 19 heavy (non-hydrogen) atoms. The van der Waals surface area contributed by atoms with Crippen LogP contribution in [0.15, 0.2) is 23.3 Å². The number of H-pyrrole nitrogens is 1. The van der Waals surface area contributed by atoms with Crippen molar-refractivity contribution in [2.24, 2.45) is 0 Å². The first-order valence-corrected chi connectivity index (χ1v) is 6.85. The first-order valence-electron chi connectivity index (χ1n) is 6.85. The van der Waals surface area contributed by atoms with Gasteiger partial charge < -0.3 is 4.98 Å². The molecule has 4 nitrogen and oxygen atoms in total. The number of hydrogen-bond donors (Lipinski definition) is 1. The van der Waals surface area contributed by atoms with Crippen molar-refractivity contribution in [1.29, 1.82) is 0 Å². The molecule has 1 N–H and O–H groups in total. The summed E-state index contributed by atoms with van der Waals surface area (Å²) in [5, 5.41) is 0. The maximum Gasteiger partial charge on any atom is 0.254 e. The van der Waals surface area contributed by atoms with E-state index in [-0.39, 0.29) is 5.56 Å². The first kappa shape index (κ1) is 12.1. The van der Waals surface area contributed by atoms with Gasteiger partial charge in [0.25, 0.3) is 5.56 Å². The summed E-state index contributed by atoms with van der Waals surface area (Å²) in [5.74, 6) is 0.685. The zero-order chi connectivity index (χ0) is 13.2. The second-order valence-electron chi connectivity index (χ2n) is 4.93. The number of nitrogens with one attached hydrogen (secondary N) is 1. The van der Waals surface area contributed by atoms with Gasteiger partial charge in [-0.1, -0.05) is 6.92 Å². The molecule has 0 unspecified atom stereocenters. The molecule has 0 radical (unpaired) electrons. The average molecular weight is 255 g/mol. The van der Waals surface area contributed by atoms with Crippen LogP contribution in [0.2, 0.25) is 0 Å². The van der Waals surface area contributed by atoms with Gasteiger partial charge in [-0.25, -0.2) is 4.98 Å². The molecule has 0 amide bonds. The third kappa shape index (κ3) is 2.18. The van der Waals surface area contributed by atoms with Gasteiger partial charge in [0.1, 0.15) is 5.82 Å². The molecule has 3 rings (SSSR count). The summed E-state index contributed by atoms with van der Waals surface area (Å²) in [6, 6.07) is 1.92. The highest BCUT2D eigenvalue weighted by Gasteiger charge is 2.16. The van der Waals surface area contributed by atoms with Crippen LogP contribution in [0.25, 0.3) is 11.4 Å². The summed E-state index contributed by atoms with van der Waals surface area (Å²) < 4.78 is 0. The molecular weight excluding hydrogens is 238 g/mol. The van der Waals surface area contributed by atoms with Crippen LogP contribution in [0, 0.1) is 0 Å². The molecule has 2 aromatic heterocycles. The summed E-state index contributed by atoms with van der Waals surface area (Å²) >= 11 is 0. The number of fused-ring (bicyclic) bond motifs is 1. The Morgan fingerprint density at radius 2 is 2.16 bits per heavy atom. The van der Waals surface area contributed by atoms with E-state index in [9.17, 15) is 4.79 Å². The lowest BCUT2D eigenvalue weighted by molar-refractivity contribution is 0.657. The normalized spacial score (nSPS) is 14.2. The third-order valence-corrected chi connectivity index (χ3v) is 3.73. The standard InChI is InChI=1S/C15H17N3O/c1-2-10-9-16-8-7-11(10)14-17-13-6-4-3-5-12(13)15(19)18-14/h7-9H,2-6H2,1H3,(H,17,18,19). The maximum absolute atomic E-state index is 12.1. The first-order chi connectivity index (χ1) is 9.29. The van der Waals surface area contributed by atoms with Crippen LogP contribution in [-0.4, -0.2) is 15.0 Å². The van der Waals surface area contributed by atoms with Gasteiger partial charge in [-0.3, -0.25) is 9.78 Å². The van der Waals surface area contributed by atoms with Gasteiger partial charge >= 0.3 is 0 Å². The van der Waals surface area contributed by atoms with Gasteiger partial charge in [-0.2, -0.15) is 0 Å². The van der Waals surface area contributed by atoms with Crippen LogP contribution in [0.1, 0.15) is 36.6 Å². The zero-order valence-electron chi connectivity index (χ0n) is 11.1. The van der Waals surface area contributed by atoms with Gasteiger partial charge in [-0.05, 0) is 43.7 Å². The molecule has 1 aliphatic carbocycles. The number of rotatable bonds is 2. The van der Waals surface area contributed by atoms with E-state index in [4.69, 9.17) is 0 Å². The average Bonchev–Trinajstić information content (AvgIpc) is 2.47. The minimum Gasteiger partial charge on any atom is -0.306 e. The fourth-order valence-electron chi connectivity index (χ4n) is 2.67. The summed E-state index contributed by atoms with van der Waals surface area (Å²) in [7, 11) is 0. The fourth-order valence-corrected chi connectivity index (χ4v) is 2.67.